The van der Waals surface area contributed by atoms with Crippen molar-refractivity contribution in [3.63, 3.8) is 0 Å². The number of allylic oxidation sites excluding steroid dienone is 1. The number of carbonyl (C=O) groups is 1. The van der Waals surface area contributed by atoms with Crippen molar-refractivity contribution in [1.29, 1.82) is 0 Å². The molecule has 0 spiro atoms. The van der Waals surface area contributed by atoms with E-state index in [0.29, 0.717) is 18.1 Å². The minimum absolute atomic E-state index is 0.229. The van der Waals surface area contributed by atoms with E-state index in [2.05, 4.69) is 0 Å². The molecule has 1 aromatic carbocycles. The zero-order valence-electron chi connectivity index (χ0n) is 7.50. The molecule has 0 aliphatic carbocycles. The Bertz CT molecular complexity index is 396. The van der Waals surface area contributed by atoms with E-state index in [9.17, 15) is 4.79 Å². The summed E-state index contributed by atoms with van der Waals surface area (Å²) in [4.78, 5) is 11.1. The second kappa shape index (κ2) is 3.84. The number of benzene rings is 1. The van der Waals surface area contributed by atoms with Gasteiger partial charge in [-0.25, -0.2) is 4.79 Å². The van der Waals surface area contributed by atoms with Crippen molar-refractivity contribution in [2.75, 3.05) is 5.88 Å². The largest absolute Gasteiger partial charge is 0.457 e. The number of fused-ring (bicyclic) bond motifs is 1. The fourth-order valence-corrected chi connectivity index (χ4v) is 1.53. The summed E-state index contributed by atoms with van der Waals surface area (Å²) in [5.41, 5.74) is 2.67. The van der Waals surface area contributed by atoms with Crippen molar-refractivity contribution < 1.29 is 9.53 Å². The summed E-state index contributed by atoms with van der Waals surface area (Å²) in [6.45, 7) is 0.386. The van der Waals surface area contributed by atoms with Crippen molar-refractivity contribution in [2.24, 2.45) is 0 Å². The smallest absolute Gasteiger partial charge is 0.338 e. The summed E-state index contributed by atoms with van der Waals surface area (Å²) in [6.07, 6.45) is 3.79. The van der Waals surface area contributed by atoms with Gasteiger partial charge in [-0.3, -0.25) is 0 Å². The molecule has 1 aliphatic rings. The SMILES string of the molecule is O=C1OCc2cc(C=CCCl)ccc21. The van der Waals surface area contributed by atoms with E-state index in [4.69, 9.17) is 16.3 Å². The molecule has 14 heavy (non-hydrogen) atoms. The molecule has 1 heterocycles. The highest BCUT2D eigenvalue weighted by molar-refractivity contribution is 6.19. The minimum atomic E-state index is -0.229. The summed E-state index contributed by atoms with van der Waals surface area (Å²) >= 11 is 5.53. The first kappa shape index (κ1) is 9.28. The van der Waals surface area contributed by atoms with E-state index in [1.165, 1.54) is 0 Å². The van der Waals surface area contributed by atoms with Crippen LogP contribution in [-0.4, -0.2) is 11.8 Å². The molecule has 0 radical (unpaired) electrons. The molecule has 1 aliphatic heterocycles. The van der Waals surface area contributed by atoms with Crippen LogP contribution in [0, 0.1) is 0 Å². The average molecular weight is 209 g/mol. The molecule has 3 heteroatoms. The summed E-state index contributed by atoms with van der Waals surface area (Å²) in [6, 6.07) is 5.62. The van der Waals surface area contributed by atoms with Gasteiger partial charge >= 0.3 is 5.97 Å². The zero-order chi connectivity index (χ0) is 9.97. The van der Waals surface area contributed by atoms with E-state index in [1.807, 2.05) is 24.3 Å². The van der Waals surface area contributed by atoms with E-state index in [0.717, 1.165) is 11.1 Å². The van der Waals surface area contributed by atoms with Crippen LogP contribution in [0.15, 0.2) is 24.3 Å². The predicted octanol–water partition coefficient (Wildman–Crippen LogP) is 2.61. The van der Waals surface area contributed by atoms with Crippen LogP contribution < -0.4 is 0 Å². The Balaban J connectivity index is 2.32. The quantitative estimate of drug-likeness (QED) is 0.552. The van der Waals surface area contributed by atoms with Crippen LogP contribution in [0.5, 0.6) is 0 Å². The molecule has 0 bridgehead atoms. The summed E-state index contributed by atoms with van der Waals surface area (Å²) in [5, 5.41) is 0. The molecule has 0 aromatic heterocycles. The second-order valence-corrected chi connectivity index (χ2v) is 3.36. The second-order valence-electron chi connectivity index (χ2n) is 3.05. The summed E-state index contributed by atoms with van der Waals surface area (Å²) < 4.78 is 4.89. The molecule has 0 N–H and O–H groups in total. The van der Waals surface area contributed by atoms with E-state index >= 15 is 0 Å². The fraction of sp³-hybridized carbons (Fsp3) is 0.182. The van der Waals surface area contributed by atoms with Gasteiger partial charge in [-0.1, -0.05) is 18.2 Å². The lowest BCUT2D eigenvalue weighted by Gasteiger charge is -1.96. The van der Waals surface area contributed by atoms with Gasteiger partial charge in [-0.15, -0.1) is 11.6 Å². The standard InChI is InChI=1S/C11H9ClO2/c12-5-1-2-8-3-4-10-9(6-8)7-14-11(10)13/h1-4,6H,5,7H2. The number of hydrogen-bond donors (Lipinski definition) is 0. The van der Waals surface area contributed by atoms with Gasteiger partial charge in [-0.2, -0.15) is 0 Å². The maximum absolute atomic E-state index is 11.1. The number of halogens is 1. The lowest BCUT2D eigenvalue weighted by Crippen LogP contribution is -1.92. The van der Waals surface area contributed by atoms with Crippen molar-refractivity contribution >= 4 is 23.6 Å². The molecule has 0 fully saturated rings. The normalized spacial score (nSPS) is 14.5. The van der Waals surface area contributed by atoms with Gasteiger partial charge in [-0.05, 0) is 17.7 Å². The van der Waals surface area contributed by atoms with Crippen LogP contribution >= 0.6 is 11.6 Å². The fourth-order valence-electron chi connectivity index (χ4n) is 1.44. The molecular formula is C11H9ClO2. The van der Waals surface area contributed by atoms with Crippen molar-refractivity contribution in [3.05, 3.63) is 41.0 Å². The minimum Gasteiger partial charge on any atom is -0.457 e. The average Bonchev–Trinajstić information content (AvgIpc) is 2.57. The lowest BCUT2D eigenvalue weighted by molar-refractivity contribution is 0.0535. The molecule has 0 saturated carbocycles. The van der Waals surface area contributed by atoms with Crippen LogP contribution in [0.25, 0.3) is 6.08 Å². The van der Waals surface area contributed by atoms with Gasteiger partial charge in [0.25, 0.3) is 0 Å². The Kier molecular flexibility index (Phi) is 2.55. The maximum Gasteiger partial charge on any atom is 0.338 e. The molecule has 1 aromatic rings. The summed E-state index contributed by atoms with van der Waals surface area (Å²) in [5.74, 6) is 0.264. The van der Waals surface area contributed by atoms with E-state index in [1.54, 1.807) is 6.07 Å². The Hall–Kier alpha value is -1.28. The molecule has 0 amide bonds. The molecule has 2 nitrogen and oxygen atoms in total. The first-order valence-corrected chi connectivity index (χ1v) is 4.87. The molecular weight excluding hydrogens is 200 g/mol. The van der Waals surface area contributed by atoms with Gasteiger partial charge < -0.3 is 4.74 Å². The topological polar surface area (TPSA) is 26.3 Å². The molecule has 2 rings (SSSR count). The Morgan fingerprint density at radius 1 is 1.50 bits per heavy atom. The Morgan fingerprint density at radius 3 is 3.14 bits per heavy atom. The Morgan fingerprint density at radius 2 is 2.36 bits per heavy atom. The molecule has 0 atom stereocenters. The number of hydrogen-bond acceptors (Lipinski definition) is 2. The van der Waals surface area contributed by atoms with E-state index < -0.39 is 0 Å². The third-order valence-corrected chi connectivity index (χ3v) is 2.29. The lowest BCUT2D eigenvalue weighted by atomic mass is 10.1. The first-order chi connectivity index (χ1) is 6.81. The van der Waals surface area contributed by atoms with Crippen LogP contribution in [-0.2, 0) is 11.3 Å². The monoisotopic (exact) mass is 208 g/mol. The van der Waals surface area contributed by atoms with E-state index in [-0.39, 0.29) is 5.97 Å². The predicted molar refractivity (Wildman–Crippen MR) is 55.3 cm³/mol. The highest BCUT2D eigenvalue weighted by Crippen LogP contribution is 2.21. The first-order valence-electron chi connectivity index (χ1n) is 4.34. The van der Waals surface area contributed by atoms with Crippen LogP contribution in [0.1, 0.15) is 21.5 Å². The van der Waals surface area contributed by atoms with Crippen LogP contribution in [0.2, 0.25) is 0 Å². The highest BCUT2D eigenvalue weighted by Gasteiger charge is 2.20. The molecule has 0 unspecified atom stereocenters. The summed E-state index contributed by atoms with van der Waals surface area (Å²) in [7, 11) is 0. The Labute approximate surface area is 87.1 Å². The number of rotatable bonds is 2. The molecule has 72 valence electrons. The van der Waals surface area contributed by atoms with Gasteiger partial charge in [0.1, 0.15) is 6.61 Å². The zero-order valence-corrected chi connectivity index (χ0v) is 8.25. The van der Waals surface area contributed by atoms with Gasteiger partial charge in [0, 0.05) is 11.4 Å². The number of cyclic esters (lactones) is 1. The number of ether oxygens (including phenoxy) is 1. The third-order valence-electron chi connectivity index (χ3n) is 2.11. The molecule has 0 saturated heterocycles. The van der Waals surface area contributed by atoms with Gasteiger partial charge in [0.15, 0.2) is 0 Å². The number of esters is 1. The van der Waals surface area contributed by atoms with Gasteiger partial charge in [0.2, 0.25) is 0 Å². The van der Waals surface area contributed by atoms with Gasteiger partial charge in [0.05, 0.1) is 5.56 Å². The number of carbonyl (C=O) groups excluding carboxylic acids is 1. The van der Waals surface area contributed by atoms with Crippen LogP contribution in [0.3, 0.4) is 0 Å². The van der Waals surface area contributed by atoms with Crippen molar-refractivity contribution in [2.45, 2.75) is 6.61 Å². The van der Waals surface area contributed by atoms with Crippen molar-refractivity contribution in [1.82, 2.24) is 0 Å². The van der Waals surface area contributed by atoms with Crippen LogP contribution in [0.4, 0.5) is 0 Å². The third kappa shape index (κ3) is 1.66. The maximum atomic E-state index is 11.1. The number of alkyl halides is 1. The highest BCUT2D eigenvalue weighted by atomic mass is 35.5. The van der Waals surface area contributed by atoms with Crippen molar-refractivity contribution in [3.8, 4) is 0 Å².